The number of ketones is 1. The van der Waals surface area contributed by atoms with Crippen molar-refractivity contribution < 1.29 is 14.0 Å². The second-order valence-electron chi connectivity index (χ2n) is 4.55. The molecule has 0 atom stereocenters. The van der Waals surface area contributed by atoms with E-state index in [2.05, 4.69) is 5.32 Å². The number of nitrogens with one attached hydrogen (secondary N) is 1. The zero-order valence-electron chi connectivity index (χ0n) is 11.5. The first-order valence-electron chi connectivity index (χ1n) is 6.27. The Labute approximate surface area is 142 Å². The Morgan fingerprint density at radius 1 is 1.59 bits per heavy atom. The van der Waals surface area contributed by atoms with Crippen LogP contribution >= 0.6 is 30.3 Å². The molecule has 8 heteroatoms. The Morgan fingerprint density at radius 3 is 2.91 bits per heavy atom. The highest BCUT2D eigenvalue weighted by atomic mass is 127. The summed E-state index contributed by atoms with van der Waals surface area (Å²) in [4.78, 5) is 23.1. The van der Waals surface area contributed by atoms with E-state index in [1.165, 1.54) is 22.1 Å². The molecule has 0 radical (unpaired) electrons. The van der Waals surface area contributed by atoms with Crippen molar-refractivity contribution in [3.63, 3.8) is 0 Å². The summed E-state index contributed by atoms with van der Waals surface area (Å²) in [6.45, 7) is 1.32. The summed E-state index contributed by atoms with van der Waals surface area (Å²) in [6.07, 6.45) is 3.02. The number of amides is 1. The molecule has 1 amide bonds. The van der Waals surface area contributed by atoms with Crippen LogP contribution < -0.4 is 15.9 Å². The number of nitrogens with zero attached hydrogens (tertiary/aromatic N) is 2. The minimum Gasteiger partial charge on any atom is -0.327 e. The van der Waals surface area contributed by atoms with E-state index in [0.717, 1.165) is 0 Å². The molecule has 0 saturated carbocycles. The Kier molecular flexibility index (Phi) is 5.42. The number of hydrogen-bond donors (Lipinski definition) is 1. The lowest BCUT2D eigenvalue weighted by molar-refractivity contribution is -0.118. The first-order valence-corrected chi connectivity index (χ1v) is 9.58. The van der Waals surface area contributed by atoms with Gasteiger partial charge in [-0.2, -0.15) is 5.26 Å². The van der Waals surface area contributed by atoms with E-state index in [-0.39, 0.29) is 30.2 Å². The van der Waals surface area contributed by atoms with Crippen molar-refractivity contribution in [2.24, 2.45) is 0 Å². The highest BCUT2D eigenvalue weighted by Crippen LogP contribution is 2.18. The molecule has 1 aliphatic rings. The lowest BCUT2D eigenvalue weighted by Gasteiger charge is -2.05. The van der Waals surface area contributed by atoms with Crippen LogP contribution in [0.5, 0.6) is 0 Å². The number of carbonyl (C=O) groups is 2. The molecular weight excluding hydrogens is 420 g/mol. The summed E-state index contributed by atoms with van der Waals surface area (Å²) in [5, 5.41) is 12.3. The number of fused-ring (bicyclic) bond motifs is 1. The molecule has 0 bridgehead atoms. The van der Waals surface area contributed by atoms with Gasteiger partial charge in [-0.1, -0.05) is 6.08 Å². The maximum Gasteiger partial charge on any atom is 0.221 e. The van der Waals surface area contributed by atoms with Crippen molar-refractivity contribution in [2.45, 2.75) is 19.8 Å². The smallest absolute Gasteiger partial charge is 0.221 e. The summed E-state index contributed by atoms with van der Waals surface area (Å²) in [5.41, 5.74) is 0.549. The second-order valence-corrected chi connectivity index (χ2v) is 6.24. The minimum absolute atomic E-state index is 0.193. The number of carbonyl (C=O) groups excluding carboxylic acids is 2. The zero-order chi connectivity index (χ0) is 16.3. The zero-order valence-corrected chi connectivity index (χ0v) is 14.5. The van der Waals surface area contributed by atoms with Gasteiger partial charge in [0.05, 0.1) is 22.8 Å². The van der Waals surface area contributed by atoms with Gasteiger partial charge in [0.1, 0.15) is 12.2 Å². The van der Waals surface area contributed by atoms with E-state index in [4.69, 9.17) is 5.26 Å². The van der Waals surface area contributed by atoms with Gasteiger partial charge in [0.25, 0.3) is 0 Å². The van der Waals surface area contributed by atoms with Crippen LogP contribution in [0.15, 0.2) is 17.6 Å². The number of nitriles is 1. The second kappa shape index (κ2) is 7.11. The van der Waals surface area contributed by atoms with E-state index >= 15 is 0 Å². The molecule has 114 valence electrons. The number of rotatable bonds is 4. The average molecular weight is 431 g/mol. The molecule has 22 heavy (non-hydrogen) atoms. The van der Waals surface area contributed by atoms with Gasteiger partial charge in [0.15, 0.2) is 5.78 Å². The molecule has 1 aromatic heterocycles. The quantitative estimate of drug-likeness (QED) is 0.582. The topological polar surface area (TPSA) is 74.9 Å². The highest BCUT2D eigenvalue weighted by molar-refractivity contribution is 14.2. The van der Waals surface area contributed by atoms with Gasteiger partial charge in [-0.05, 0) is 12.1 Å². The maximum atomic E-state index is 14.2. The molecule has 0 spiro atoms. The van der Waals surface area contributed by atoms with Gasteiger partial charge in [-0.15, -0.1) is 0 Å². The SMILES string of the molecule is CC(=O)NC1=C(F)C=c2cc(C(=O)CC#N)n(SI)c2=CC1. The van der Waals surface area contributed by atoms with E-state index in [1.54, 1.807) is 16.1 Å². The third-order valence-corrected chi connectivity index (χ3v) is 4.73. The monoisotopic (exact) mass is 431 g/mol. The summed E-state index contributed by atoms with van der Waals surface area (Å²) in [5.74, 6) is -1.19. The fourth-order valence-corrected chi connectivity index (χ4v) is 3.87. The van der Waals surface area contributed by atoms with Crippen molar-refractivity contribution in [2.75, 3.05) is 0 Å². The van der Waals surface area contributed by atoms with Crippen LogP contribution in [0.4, 0.5) is 4.39 Å². The van der Waals surface area contributed by atoms with Crippen molar-refractivity contribution in [1.29, 1.82) is 5.26 Å². The molecule has 1 N–H and O–H groups in total. The number of hydrogen-bond acceptors (Lipinski definition) is 4. The first kappa shape index (κ1) is 16.8. The van der Waals surface area contributed by atoms with Crippen molar-refractivity contribution in [1.82, 2.24) is 9.29 Å². The standard InChI is InChI=1S/C14H11FIN3O2S/c1-8(20)18-11-2-3-12-9(6-10(11)15)7-13(19(12)22-16)14(21)4-5-17/h3,6-7H,2,4H2,1H3,(H,18,20). The molecule has 1 heterocycles. The van der Waals surface area contributed by atoms with Crippen molar-refractivity contribution in [3.8, 4) is 6.07 Å². The van der Waals surface area contributed by atoms with Gasteiger partial charge < -0.3 is 5.32 Å². The predicted octanol–water partition coefficient (Wildman–Crippen LogP) is 1.71. The number of halogens is 2. The van der Waals surface area contributed by atoms with Crippen LogP contribution in [0.3, 0.4) is 0 Å². The molecule has 0 unspecified atom stereocenters. The van der Waals surface area contributed by atoms with Crippen LogP contribution in [0.1, 0.15) is 30.3 Å². The molecule has 0 saturated heterocycles. The van der Waals surface area contributed by atoms with Crippen LogP contribution in [0.2, 0.25) is 0 Å². The molecule has 2 rings (SSSR count). The summed E-state index contributed by atoms with van der Waals surface area (Å²) >= 11 is 2.02. The van der Waals surface area contributed by atoms with Crippen LogP contribution in [0.25, 0.3) is 12.2 Å². The number of Topliss-reactive ketones (excluding diaryl/α,β-unsaturated/α-hetero) is 1. The van der Waals surface area contributed by atoms with Gasteiger partial charge in [-0.25, -0.2) is 4.39 Å². The predicted molar refractivity (Wildman–Crippen MR) is 90.7 cm³/mol. The number of allylic oxidation sites excluding steroid dienone is 2. The van der Waals surface area contributed by atoms with E-state index < -0.39 is 5.83 Å². The molecule has 5 nitrogen and oxygen atoms in total. The normalized spacial score (nSPS) is 13.4. The largest absolute Gasteiger partial charge is 0.327 e. The molecule has 0 fully saturated rings. The van der Waals surface area contributed by atoms with Crippen LogP contribution in [-0.4, -0.2) is 15.7 Å². The third-order valence-electron chi connectivity index (χ3n) is 3.02. The molecule has 0 aliphatic heterocycles. The Bertz CT molecular complexity index is 835. The lowest BCUT2D eigenvalue weighted by atomic mass is 10.2. The summed E-state index contributed by atoms with van der Waals surface area (Å²) < 4.78 is 15.8. The van der Waals surface area contributed by atoms with Gasteiger partial charge >= 0.3 is 0 Å². The molecule has 1 aliphatic carbocycles. The Balaban J connectivity index is 2.58. The molecular formula is C14H11FIN3O2S. The van der Waals surface area contributed by atoms with Crippen molar-refractivity contribution >= 4 is 54.2 Å². The fraction of sp³-hybridized carbons (Fsp3) is 0.214. The Hall–Kier alpha value is -1.60. The van der Waals surface area contributed by atoms with Gasteiger partial charge in [0.2, 0.25) is 5.91 Å². The van der Waals surface area contributed by atoms with E-state index in [0.29, 0.717) is 16.3 Å². The third kappa shape index (κ3) is 3.41. The lowest BCUT2D eigenvalue weighted by Crippen LogP contribution is -2.26. The molecule has 1 aromatic rings. The number of aromatic nitrogens is 1. The van der Waals surface area contributed by atoms with Gasteiger partial charge in [-0.3, -0.25) is 13.6 Å². The molecule has 0 aromatic carbocycles. The first-order chi connectivity index (χ1) is 10.5. The van der Waals surface area contributed by atoms with Crippen molar-refractivity contribution in [3.05, 3.63) is 33.9 Å². The van der Waals surface area contributed by atoms with Crippen LogP contribution in [0, 0.1) is 11.3 Å². The van der Waals surface area contributed by atoms with E-state index in [1.807, 2.05) is 27.3 Å². The summed E-state index contributed by atoms with van der Waals surface area (Å²) in [7, 11) is 1.27. The van der Waals surface area contributed by atoms with Gasteiger partial charge in [0, 0.05) is 48.9 Å². The maximum absolute atomic E-state index is 14.2. The average Bonchev–Trinajstić information content (AvgIpc) is 2.73. The highest BCUT2D eigenvalue weighted by Gasteiger charge is 2.16. The minimum atomic E-state index is -0.542. The van der Waals surface area contributed by atoms with E-state index in [9.17, 15) is 14.0 Å². The Morgan fingerprint density at radius 2 is 2.32 bits per heavy atom. The van der Waals surface area contributed by atoms with Crippen LogP contribution in [-0.2, 0) is 4.79 Å². The summed E-state index contributed by atoms with van der Waals surface area (Å²) in [6, 6.07) is 3.38. The fourth-order valence-electron chi connectivity index (χ4n) is 2.12.